The first-order valence-corrected chi connectivity index (χ1v) is 5.67. The zero-order valence-electron chi connectivity index (χ0n) is 11.1. The fraction of sp³-hybridized carbons (Fsp3) is 0.231. The molecule has 1 rings (SSSR count). The average Bonchev–Trinajstić information content (AvgIpc) is 2.41. The highest BCUT2D eigenvalue weighted by atomic mass is 16.6. The number of nitrogens with zero attached hydrogens (tertiary/aromatic N) is 1. The molecule has 0 N–H and O–H groups in total. The summed E-state index contributed by atoms with van der Waals surface area (Å²) in [6, 6.07) is 4.70. The van der Waals surface area contributed by atoms with E-state index in [9.17, 15) is 24.8 Å². The van der Waals surface area contributed by atoms with Gasteiger partial charge in [-0.05, 0) is 25.5 Å². The molecule has 107 valence electrons. The molecule has 7 nitrogen and oxygen atoms in total. The summed E-state index contributed by atoms with van der Waals surface area (Å²) in [6.07, 6.45) is 2.22. The predicted molar refractivity (Wildman–Crippen MR) is 69.4 cm³/mol. The Bertz CT molecular complexity index is 492. The van der Waals surface area contributed by atoms with Crippen LogP contribution in [0.2, 0.25) is 0 Å². The summed E-state index contributed by atoms with van der Waals surface area (Å²) in [5.41, 5.74) is 0.465. The van der Waals surface area contributed by atoms with E-state index in [-0.39, 0.29) is 17.9 Å². The van der Waals surface area contributed by atoms with E-state index in [2.05, 4.69) is 4.74 Å². The van der Waals surface area contributed by atoms with Gasteiger partial charge in [0.2, 0.25) is 0 Å². The van der Waals surface area contributed by atoms with Gasteiger partial charge >= 0.3 is 12.4 Å². The zero-order valence-corrected chi connectivity index (χ0v) is 11.1. The number of hydrogen-bond donors (Lipinski definition) is 0. The molecule has 0 atom stereocenters. The van der Waals surface area contributed by atoms with Gasteiger partial charge in [-0.3, -0.25) is 20.0 Å². The molecular formula is C13H14NO6. The van der Waals surface area contributed by atoms with Crippen LogP contribution in [0.5, 0.6) is 5.75 Å². The Labute approximate surface area is 115 Å². The maximum atomic E-state index is 10.7. The van der Waals surface area contributed by atoms with E-state index in [1.807, 2.05) is 6.92 Å². The second-order valence-electron chi connectivity index (χ2n) is 3.42. The molecule has 7 heteroatoms. The first-order chi connectivity index (χ1) is 9.46. The van der Waals surface area contributed by atoms with Crippen LogP contribution in [0.1, 0.15) is 20.3 Å². The smallest absolute Gasteiger partial charge is 0.341 e. The van der Waals surface area contributed by atoms with Gasteiger partial charge in [0.05, 0.1) is 4.92 Å². The van der Waals surface area contributed by atoms with Crippen LogP contribution in [0.25, 0.3) is 0 Å². The molecule has 0 aliphatic rings. The van der Waals surface area contributed by atoms with Gasteiger partial charge in [-0.15, -0.1) is 0 Å². The van der Waals surface area contributed by atoms with Gasteiger partial charge in [0.15, 0.2) is 5.75 Å². The van der Waals surface area contributed by atoms with Crippen LogP contribution in [0.4, 0.5) is 5.69 Å². The highest BCUT2D eigenvalue weighted by Gasteiger charge is 2.05. The van der Waals surface area contributed by atoms with Gasteiger partial charge in [0.1, 0.15) is 0 Å². The van der Waals surface area contributed by atoms with Crippen LogP contribution < -0.4 is 0 Å². The normalized spacial score (nSPS) is 10.0. The summed E-state index contributed by atoms with van der Waals surface area (Å²) < 4.78 is 4.10. The van der Waals surface area contributed by atoms with E-state index < -0.39 is 10.9 Å². The maximum Gasteiger partial charge on any atom is 0.341 e. The van der Waals surface area contributed by atoms with Crippen molar-refractivity contribution in [3.05, 3.63) is 46.0 Å². The fourth-order valence-electron chi connectivity index (χ4n) is 1.15. The molecule has 0 heterocycles. The number of carbonyl (C=O) groups excluding carboxylic acids is 2. The quantitative estimate of drug-likeness (QED) is 0.210. The Morgan fingerprint density at radius 3 is 2.25 bits per heavy atom. The topological polar surface area (TPSA) is 106 Å². The predicted octanol–water partition coefficient (Wildman–Crippen LogP) is 2.78. The first-order valence-electron chi connectivity index (χ1n) is 5.67. The van der Waals surface area contributed by atoms with Crippen LogP contribution in [-0.4, -0.2) is 17.4 Å². The van der Waals surface area contributed by atoms with Gasteiger partial charge in [0.25, 0.3) is 5.69 Å². The Hall–Kier alpha value is -2.70. The molecule has 1 radical (unpaired) electrons. The summed E-state index contributed by atoms with van der Waals surface area (Å²) in [5, 5.41) is 20.4. The molecule has 0 fully saturated rings. The number of nitro benzene ring substituents is 1. The molecule has 0 amide bonds. The molecule has 1 aromatic carbocycles. The summed E-state index contributed by atoms with van der Waals surface area (Å²) in [6.45, 7) is 3.69. The van der Waals surface area contributed by atoms with Crippen molar-refractivity contribution in [3.8, 4) is 5.75 Å². The van der Waals surface area contributed by atoms with Crippen molar-refractivity contribution in [3.63, 3.8) is 0 Å². The Balaban J connectivity index is 0.000000361. The summed E-state index contributed by atoms with van der Waals surface area (Å²) in [7, 11) is 0. The molecular weight excluding hydrogens is 266 g/mol. The molecule has 0 aliphatic heterocycles. The van der Waals surface area contributed by atoms with Crippen molar-refractivity contribution < 1.29 is 24.4 Å². The van der Waals surface area contributed by atoms with Crippen molar-refractivity contribution in [1.29, 1.82) is 0 Å². The third kappa shape index (κ3) is 6.29. The first kappa shape index (κ1) is 17.3. The van der Waals surface area contributed by atoms with E-state index in [0.717, 1.165) is 12.1 Å². The molecule has 1 aromatic rings. The lowest BCUT2D eigenvalue weighted by molar-refractivity contribution is -0.384. The molecule has 0 bridgehead atoms. The van der Waals surface area contributed by atoms with Crippen LogP contribution in [0.3, 0.4) is 0 Å². The average molecular weight is 280 g/mol. The van der Waals surface area contributed by atoms with Crippen LogP contribution >= 0.6 is 0 Å². The van der Waals surface area contributed by atoms with Crippen LogP contribution in [0, 0.1) is 10.1 Å². The summed E-state index contributed by atoms with van der Waals surface area (Å²) in [5.74, 6) is -0.773. The Kier molecular flexibility index (Phi) is 8.01. The van der Waals surface area contributed by atoms with Crippen molar-refractivity contribution in [2.24, 2.45) is 0 Å². The molecule has 0 spiro atoms. The minimum atomic E-state index is -0.556. The Morgan fingerprint density at radius 2 is 1.90 bits per heavy atom. The number of esters is 1. The zero-order chi connectivity index (χ0) is 15.5. The largest absolute Gasteiger partial charge is 0.392 e. The number of nitro groups is 1. The minimum Gasteiger partial charge on any atom is -0.392 e. The van der Waals surface area contributed by atoms with Gasteiger partial charge in [0, 0.05) is 17.7 Å². The van der Waals surface area contributed by atoms with Crippen molar-refractivity contribution in [2.45, 2.75) is 20.3 Å². The Morgan fingerprint density at radius 1 is 1.35 bits per heavy atom. The van der Waals surface area contributed by atoms with E-state index in [1.54, 1.807) is 13.0 Å². The van der Waals surface area contributed by atoms with E-state index in [0.29, 0.717) is 12.0 Å². The van der Waals surface area contributed by atoms with Crippen molar-refractivity contribution in [2.75, 3.05) is 0 Å². The lowest BCUT2D eigenvalue weighted by atomic mass is 10.2. The van der Waals surface area contributed by atoms with E-state index >= 15 is 0 Å². The molecule has 0 saturated heterocycles. The van der Waals surface area contributed by atoms with Gasteiger partial charge in [-0.25, -0.2) is 4.79 Å². The molecule has 0 unspecified atom stereocenters. The second-order valence-corrected chi connectivity index (χ2v) is 3.42. The number of allylic oxidation sites excluding steroid dienone is 1. The number of hydrogen-bond acceptors (Lipinski definition) is 5. The number of rotatable bonds is 4. The number of non-ortho nitro benzene ring substituents is 1. The lowest BCUT2D eigenvalue weighted by Gasteiger charge is -1.96. The molecule has 0 saturated carbocycles. The van der Waals surface area contributed by atoms with Crippen molar-refractivity contribution >= 4 is 18.1 Å². The summed E-state index contributed by atoms with van der Waals surface area (Å²) >= 11 is 0. The molecule has 20 heavy (non-hydrogen) atoms. The van der Waals surface area contributed by atoms with Crippen LogP contribution in [0.15, 0.2) is 35.9 Å². The highest BCUT2D eigenvalue weighted by Crippen LogP contribution is 2.15. The standard InChI is InChI=1S/C7H10O3.C6H4NO3/c1-3-6(4-2)7(9)10-5-8;8-6-3-1-5(2-4-6)7(9)10/h3,5H,4H2,1-2H3;1-4H. The highest BCUT2D eigenvalue weighted by molar-refractivity contribution is 5.91. The van der Waals surface area contributed by atoms with Crippen LogP contribution in [-0.2, 0) is 19.4 Å². The second kappa shape index (κ2) is 9.26. The van der Waals surface area contributed by atoms with Gasteiger partial charge in [-0.2, -0.15) is 0 Å². The fourth-order valence-corrected chi connectivity index (χ4v) is 1.15. The van der Waals surface area contributed by atoms with Gasteiger partial charge < -0.3 is 4.74 Å². The molecule has 0 aliphatic carbocycles. The third-order valence-corrected chi connectivity index (χ3v) is 2.19. The monoisotopic (exact) mass is 280 g/mol. The van der Waals surface area contributed by atoms with E-state index in [4.69, 9.17) is 0 Å². The SMILES string of the molecule is CC=C(CC)C(=O)OC=O.[O]c1ccc([N+](=O)[O-])cc1. The summed E-state index contributed by atoms with van der Waals surface area (Å²) in [4.78, 5) is 29.8. The van der Waals surface area contributed by atoms with E-state index in [1.165, 1.54) is 12.1 Å². The minimum absolute atomic E-state index is 0.0559. The number of benzene rings is 1. The van der Waals surface area contributed by atoms with Crippen molar-refractivity contribution in [1.82, 2.24) is 0 Å². The number of ether oxygens (including phenoxy) is 1. The number of carbonyl (C=O) groups is 2. The van der Waals surface area contributed by atoms with Gasteiger partial charge in [-0.1, -0.05) is 13.0 Å². The maximum absolute atomic E-state index is 10.7. The lowest BCUT2D eigenvalue weighted by Crippen LogP contribution is -2.05. The third-order valence-electron chi connectivity index (χ3n) is 2.19. The molecule has 0 aromatic heterocycles.